The quantitative estimate of drug-likeness (QED) is 0.879. The van der Waals surface area contributed by atoms with Gasteiger partial charge in [0.1, 0.15) is 5.82 Å². The Morgan fingerprint density at radius 3 is 2.88 bits per heavy atom. The van der Waals surface area contributed by atoms with Crippen molar-refractivity contribution >= 4 is 17.3 Å². The molecule has 130 valence electrons. The molecule has 0 radical (unpaired) electrons. The highest BCUT2D eigenvalue weighted by Gasteiger charge is 2.28. The van der Waals surface area contributed by atoms with Gasteiger partial charge in [0, 0.05) is 41.2 Å². The summed E-state index contributed by atoms with van der Waals surface area (Å²) in [6.07, 6.45) is 3.84. The van der Waals surface area contributed by atoms with E-state index >= 15 is 0 Å². The summed E-state index contributed by atoms with van der Waals surface area (Å²) in [5.74, 6) is 3.08. The number of aryl methyl sites for hydroxylation is 1. The lowest BCUT2D eigenvalue weighted by Crippen LogP contribution is -2.19. The van der Waals surface area contributed by atoms with Crippen molar-refractivity contribution in [1.82, 2.24) is 20.1 Å². The van der Waals surface area contributed by atoms with Gasteiger partial charge in [0.05, 0.1) is 18.6 Å². The molecule has 1 N–H and O–H groups in total. The topological polar surface area (TPSA) is 52.0 Å². The molecule has 1 atom stereocenters. The second kappa shape index (κ2) is 6.23. The van der Waals surface area contributed by atoms with Crippen LogP contribution >= 0.6 is 11.6 Å². The van der Waals surface area contributed by atoms with Gasteiger partial charge in [-0.1, -0.05) is 30.7 Å². The highest BCUT2D eigenvalue weighted by molar-refractivity contribution is 6.31. The minimum atomic E-state index is 0.257. The summed E-state index contributed by atoms with van der Waals surface area (Å²) in [6.45, 7) is 4.99. The number of hydrogen-bond donors (Lipinski definition) is 1. The van der Waals surface area contributed by atoms with Gasteiger partial charge >= 0.3 is 0 Å². The summed E-state index contributed by atoms with van der Waals surface area (Å²) < 4.78 is 7.65. The van der Waals surface area contributed by atoms with E-state index in [-0.39, 0.29) is 5.92 Å². The molecule has 0 spiro atoms. The second-order valence-corrected chi connectivity index (χ2v) is 7.05. The Balaban J connectivity index is 1.91. The van der Waals surface area contributed by atoms with Crippen LogP contribution in [-0.2, 0) is 4.74 Å². The normalized spacial score (nSPS) is 19.5. The molecule has 1 aromatic heterocycles. The van der Waals surface area contributed by atoms with Crippen LogP contribution in [0.2, 0.25) is 5.02 Å². The molecule has 1 aromatic carbocycles. The van der Waals surface area contributed by atoms with Crippen molar-refractivity contribution < 1.29 is 4.74 Å². The lowest BCUT2D eigenvalue weighted by Gasteiger charge is -2.21. The number of halogens is 1. The maximum atomic E-state index is 6.34. The van der Waals surface area contributed by atoms with Gasteiger partial charge in [-0.3, -0.25) is 4.57 Å². The van der Waals surface area contributed by atoms with Crippen molar-refractivity contribution in [3.63, 3.8) is 0 Å². The number of rotatable bonds is 2. The summed E-state index contributed by atoms with van der Waals surface area (Å²) in [6, 6.07) is 6.05. The lowest BCUT2D eigenvalue weighted by molar-refractivity contribution is 0.276. The third-order valence-electron chi connectivity index (χ3n) is 4.91. The van der Waals surface area contributed by atoms with Gasteiger partial charge < -0.3 is 10.1 Å². The summed E-state index contributed by atoms with van der Waals surface area (Å²) in [7, 11) is 1.72. The highest BCUT2D eigenvalue weighted by atomic mass is 35.5. The van der Waals surface area contributed by atoms with Gasteiger partial charge in [-0.25, -0.2) is 0 Å². The Morgan fingerprint density at radius 2 is 2.12 bits per heavy atom. The molecule has 5 nitrogen and oxygen atoms in total. The number of methoxy groups -OCH3 is 1. The zero-order valence-corrected chi connectivity index (χ0v) is 15.4. The number of fused-ring (bicyclic) bond motifs is 2. The van der Waals surface area contributed by atoms with E-state index in [2.05, 4.69) is 39.1 Å². The Hall–Kier alpha value is -2.27. The molecule has 0 saturated carbocycles. The third kappa shape index (κ3) is 2.72. The van der Waals surface area contributed by atoms with E-state index in [1.165, 1.54) is 5.70 Å². The van der Waals surface area contributed by atoms with Gasteiger partial charge in [-0.05, 0) is 25.0 Å². The zero-order chi connectivity index (χ0) is 17.6. The van der Waals surface area contributed by atoms with Crippen LogP contribution in [0.5, 0.6) is 0 Å². The summed E-state index contributed by atoms with van der Waals surface area (Å²) in [5.41, 5.74) is 4.32. The first-order valence-electron chi connectivity index (χ1n) is 8.52. The fourth-order valence-corrected chi connectivity index (χ4v) is 3.57. The smallest absolute Gasteiger partial charge is 0.168 e. The lowest BCUT2D eigenvalue weighted by atomic mass is 10.1. The number of aromatic nitrogens is 3. The second-order valence-electron chi connectivity index (χ2n) is 6.64. The molecule has 2 aliphatic rings. The van der Waals surface area contributed by atoms with Gasteiger partial charge in [0.25, 0.3) is 0 Å². The Bertz CT molecular complexity index is 897. The van der Waals surface area contributed by atoms with Crippen LogP contribution in [-0.4, -0.2) is 28.4 Å². The van der Waals surface area contributed by atoms with E-state index in [1.54, 1.807) is 7.11 Å². The van der Waals surface area contributed by atoms with Crippen LogP contribution in [0.4, 0.5) is 0 Å². The molecule has 1 aliphatic heterocycles. The molecule has 25 heavy (non-hydrogen) atoms. The Kier molecular flexibility index (Phi) is 4.04. The van der Waals surface area contributed by atoms with E-state index in [0.29, 0.717) is 0 Å². The summed E-state index contributed by atoms with van der Waals surface area (Å²) in [5, 5.41) is 13.3. The van der Waals surface area contributed by atoms with Crippen molar-refractivity contribution in [3.05, 3.63) is 52.1 Å². The zero-order valence-electron chi connectivity index (χ0n) is 14.6. The van der Waals surface area contributed by atoms with Crippen LogP contribution in [0.1, 0.15) is 37.1 Å². The average Bonchev–Trinajstić information content (AvgIpc) is 3.01. The fourth-order valence-electron chi connectivity index (χ4n) is 3.39. The molecule has 0 bridgehead atoms. The van der Waals surface area contributed by atoms with E-state index in [1.807, 2.05) is 19.1 Å². The largest absolute Gasteiger partial charge is 0.501 e. The van der Waals surface area contributed by atoms with Crippen molar-refractivity contribution in [2.75, 3.05) is 13.7 Å². The van der Waals surface area contributed by atoms with E-state index in [0.717, 1.165) is 58.6 Å². The van der Waals surface area contributed by atoms with Crippen LogP contribution < -0.4 is 5.32 Å². The highest BCUT2D eigenvalue weighted by Crippen LogP contribution is 2.36. The molecule has 0 saturated heterocycles. The van der Waals surface area contributed by atoms with Gasteiger partial charge in [-0.2, -0.15) is 0 Å². The van der Waals surface area contributed by atoms with Gasteiger partial charge in [0.15, 0.2) is 5.82 Å². The Labute approximate surface area is 152 Å². The number of ether oxygens (including phenoxy) is 1. The first-order chi connectivity index (χ1) is 12.1. The molecule has 1 aliphatic carbocycles. The average molecular weight is 357 g/mol. The summed E-state index contributed by atoms with van der Waals surface area (Å²) >= 11 is 6.34. The molecule has 2 heterocycles. The first kappa shape index (κ1) is 16.2. The van der Waals surface area contributed by atoms with Crippen molar-refractivity contribution in [2.24, 2.45) is 0 Å². The molecule has 2 aromatic rings. The van der Waals surface area contributed by atoms with E-state index < -0.39 is 0 Å². The molecule has 0 fully saturated rings. The minimum absolute atomic E-state index is 0.257. The monoisotopic (exact) mass is 356 g/mol. The SMILES string of the molecule is COC1=CC2=C(CC1)n1c(-c3ccc(C)c(Cl)c3)nnc1C(C)CN2. The Morgan fingerprint density at radius 1 is 1.28 bits per heavy atom. The molecular weight excluding hydrogens is 336 g/mol. The molecule has 1 unspecified atom stereocenters. The van der Waals surface area contributed by atoms with Crippen LogP contribution in [0.3, 0.4) is 0 Å². The fraction of sp³-hybridized carbons (Fsp3) is 0.368. The first-order valence-corrected chi connectivity index (χ1v) is 8.90. The number of nitrogens with one attached hydrogen (secondary N) is 1. The third-order valence-corrected chi connectivity index (χ3v) is 5.32. The van der Waals surface area contributed by atoms with E-state index in [4.69, 9.17) is 16.3 Å². The maximum Gasteiger partial charge on any atom is 0.168 e. The summed E-state index contributed by atoms with van der Waals surface area (Å²) in [4.78, 5) is 0. The number of allylic oxidation sites excluding steroid dienone is 3. The van der Waals surface area contributed by atoms with E-state index in [9.17, 15) is 0 Å². The van der Waals surface area contributed by atoms with Crippen molar-refractivity contribution in [1.29, 1.82) is 0 Å². The van der Waals surface area contributed by atoms with Crippen LogP contribution in [0.15, 0.2) is 35.7 Å². The predicted molar refractivity (Wildman–Crippen MR) is 99.2 cm³/mol. The molecule has 0 amide bonds. The van der Waals surface area contributed by atoms with Crippen molar-refractivity contribution in [3.8, 4) is 11.4 Å². The van der Waals surface area contributed by atoms with Crippen LogP contribution in [0, 0.1) is 6.92 Å². The standard InChI is InChI=1S/C19H21ClN4O/c1-11-4-5-13(8-15(11)20)19-23-22-18-12(2)10-21-16-9-14(25-3)6-7-17(16)24(18)19/h4-5,8-9,12,21H,6-7,10H2,1-3H3. The number of nitrogens with zero attached hydrogens (tertiary/aromatic N) is 3. The molecule has 6 heteroatoms. The molecule has 4 rings (SSSR count). The minimum Gasteiger partial charge on any atom is -0.501 e. The number of benzene rings is 1. The van der Waals surface area contributed by atoms with Gasteiger partial charge in [0.2, 0.25) is 0 Å². The van der Waals surface area contributed by atoms with Gasteiger partial charge in [-0.15, -0.1) is 10.2 Å². The van der Waals surface area contributed by atoms with Crippen LogP contribution in [0.25, 0.3) is 17.1 Å². The predicted octanol–water partition coefficient (Wildman–Crippen LogP) is 4.11. The number of hydrogen-bond acceptors (Lipinski definition) is 4. The molecular formula is C19H21ClN4O. The maximum absolute atomic E-state index is 6.34. The van der Waals surface area contributed by atoms with Crippen molar-refractivity contribution in [2.45, 2.75) is 32.6 Å².